The van der Waals surface area contributed by atoms with Gasteiger partial charge in [-0.25, -0.2) is 0 Å². The van der Waals surface area contributed by atoms with Crippen LogP contribution in [0, 0.1) is 0 Å². The molecule has 0 bridgehead atoms. The standard InChI is InChI=1S/C19H32N4O2/c1-5-6-7-9-15(2)23-19(20-3)22-13-12-21-18(24)16-10-8-11-17(14-16)25-4/h8,10-11,14-15H,5-7,9,12-13H2,1-4H3,(H,21,24)(H2,20,22,23). The normalized spacial score (nSPS) is 12.4. The van der Waals surface area contributed by atoms with Gasteiger partial charge in [-0.2, -0.15) is 0 Å². The van der Waals surface area contributed by atoms with Crippen molar-refractivity contribution in [3.63, 3.8) is 0 Å². The van der Waals surface area contributed by atoms with Gasteiger partial charge in [-0.15, -0.1) is 0 Å². The fraction of sp³-hybridized carbons (Fsp3) is 0.579. The molecule has 0 aliphatic carbocycles. The minimum absolute atomic E-state index is 0.114. The molecule has 1 aromatic rings. The number of amides is 1. The Morgan fingerprint density at radius 3 is 2.68 bits per heavy atom. The molecule has 140 valence electrons. The van der Waals surface area contributed by atoms with E-state index in [9.17, 15) is 4.79 Å². The lowest BCUT2D eigenvalue weighted by Gasteiger charge is -2.18. The first-order chi connectivity index (χ1) is 12.1. The van der Waals surface area contributed by atoms with Gasteiger partial charge in [0.25, 0.3) is 5.91 Å². The summed E-state index contributed by atoms with van der Waals surface area (Å²) in [6.45, 7) is 5.49. The number of nitrogens with one attached hydrogen (secondary N) is 3. The molecule has 0 saturated carbocycles. The Labute approximate surface area is 151 Å². The van der Waals surface area contributed by atoms with Crippen LogP contribution < -0.4 is 20.7 Å². The number of benzene rings is 1. The molecule has 0 aliphatic rings. The van der Waals surface area contributed by atoms with E-state index in [0.717, 1.165) is 12.4 Å². The lowest BCUT2D eigenvalue weighted by atomic mass is 10.1. The molecule has 0 heterocycles. The number of guanidine groups is 1. The number of nitrogens with zero attached hydrogens (tertiary/aromatic N) is 1. The van der Waals surface area contributed by atoms with Crippen molar-refractivity contribution >= 4 is 11.9 Å². The number of hydrogen-bond donors (Lipinski definition) is 3. The highest BCUT2D eigenvalue weighted by molar-refractivity contribution is 5.94. The fourth-order valence-electron chi connectivity index (χ4n) is 2.42. The summed E-state index contributed by atoms with van der Waals surface area (Å²) < 4.78 is 5.13. The average molecular weight is 348 g/mol. The third kappa shape index (κ3) is 8.42. The van der Waals surface area contributed by atoms with Crippen LogP contribution in [0.2, 0.25) is 0 Å². The maximum Gasteiger partial charge on any atom is 0.251 e. The second kappa shape index (κ2) is 12.2. The van der Waals surface area contributed by atoms with Crippen molar-refractivity contribution in [2.45, 2.75) is 45.6 Å². The Bertz CT molecular complexity index is 546. The number of aliphatic imine (C=N–C) groups is 1. The molecule has 1 atom stereocenters. The first-order valence-corrected chi connectivity index (χ1v) is 9.00. The van der Waals surface area contributed by atoms with Crippen molar-refractivity contribution in [1.82, 2.24) is 16.0 Å². The zero-order valence-electron chi connectivity index (χ0n) is 15.9. The molecule has 0 aliphatic heterocycles. The second-order valence-electron chi connectivity index (χ2n) is 6.03. The predicted octanol–water partition coefficient (Wildman–Crippen LogP) is 2.56. The second-order valence-corrected chi connectivity index (χ2v) is 6.03. The summed E-state index contributed by atoms with van der Waals surface area (Å²) in [5.41, 5.74) is 0.589. The molecule has 1 rings (SSSR count). The van der Waals surface area contributed by atoms with Gasteiger partial charge in [0, 0.05) is 31.7 Å². The van der Waals surface area contributed by atoms with Crippen LogP contribution in [0.15, 0.2) is 29.3 Å². The number of ether oxygens (including phenoxy) is 1. The first-order valence-electron chi connectivity index (χ1n) is 9.00. The van der Waals surface area contributed by atoms with Gasteiger partial charge in [-0.1, -0.05) is 32.3 Å². The summed E-state index contributed by atoms with van der Waals surface area (Å²) in [5.74, 6) is 1.32. The summed E-state index contributed by atoms with van der Waals surface area (Å²) in [6, 6.07) is 7.49. The highest BCUT2D eigenvalue weighted by Gasteiger charge is 2.07. The summed E-state index contributed by atoms with van der Waals surface area (Å²) in [7, 11) is 3.34. The Balaban J connectivity index is 2.29. The zero-order chi connectivity index (χ0) is 18.5. The average Bonchev–Trinajstić information content (AvgIpc) is 2.64. The van der Waals surface area contributed by atoms with E-state index in [-0.39, 0.29) is 5.91 Å². The topological polar surface area (TPSA) is 74.8 Å². The van der Waals surface area contributed by atoms with Gasteiger partial charge in [0.1, 0.15) is 5.75 Å². The molecular weight excluding hydrogens is 316 g/mol. The molecule has 6 nitrogen and oxygen atoms in total. The lowest BCUT2D eigenvalue weighted by molar-refractivity contribution is 0.0954. The van der Waals surface area contributed by atoms with Crippen molar-refractivity contribution < 1.29 is 9.53 Å². The molecule has 25 heavy (non-hydrogen) atoms. The third-order valence-electron chi connectivity index (χ3n) is 3.88. The molecule has 0 fully saturated rings. The molecule has 0 spiro atoms. The molecule has 6 heteroatoms. The molecule has 0 aromatic heterocycles. The van der Waals surface area contributed by atoms with Crippen LogP contribution in [0.4, 0.5) is 0 Å². The Hall–Kier alpha value is -2.24. The van der Waals surface area contributed by atoms with E-state index in [1.54, 1.807) is 32.4 Å². The third-order valence-corrected chi connectivity index (χ3v) is 3.88. The van der Waals surface area contributed by atoms with E-state index >= 15 is 0 Å². The zero-order valence-corrected chi connectivity index (χ0v) is 15.9. The largest absolute Gasteiger partial charge is 0.497 e. The number of methoxy groups -OCH3 is 1. The van der Waals surface area contributed by atoms with Crippen LogP contribution in [0.5, 0.6) is 5.75 Å². The first kappa shape index (κ1) is 20.8. The van der Waals surface area contributed by atoms with Crippen LogP contribution >= 0.6 is 0 Å². The van der Waals surface area contributed by atoms with Crippen LogP contribution in [-0.4, -0.2) is 45.2 Å². The van der Waals surface area contributed by atoms with E-state index in [0.29, 0.717) is 30.4 Å². The van der Waals surface area contributed by atoms with Crippen molar-refractivity contribution in [2.75, 3.05) is 27.2 Å². The highest BCUT2D eigenvalue weighted by Crippen LogP contribution is 2.12. The van der Waals surface area contributed by atoms with Crippen molar-refractivity contribution in [3.05, 3.63) is 29.8 Å². The van der Waals surface area contributed by atoms with Gasteiger partial charge in [0.05, 0.1) is 7.11 Å². The van der Waals surface area contributed by atoms with E-state index < -0.39 is 0 Å². The maximum absolute atomic E-state index is 12.1. The maximum atomic E-state index is 12.1. The summed E-state index contributed by atoms with van der Waals surface area (Å²) in [6.07, 6.45) is 4.83. The molecule has 0 radical (unpaired) electrons. The fourth-order valence-corrected chi connectivity index (χ4v) is 2.42. The Kier molecular flexibility index (Phi) is 10.1. The van der Waals surface area contributed by atoms with E-state index in [1.807, 2.05) is 6.07 Å². The quantitative estimate of drug-likeness (QED) is 0.345. The molecule has 3 N–H and O–H groups in total. The number of rotatable bonds is 10. The number of hydrogen-bond acceptors (Lipinski definition) is 3. The van der Waals surface area contributed by atoms with Crippen molar-refractivity contribution in [2.24, 2.45) is 4.99 Å². The summed E-state index contributed by atoms with van der Waals surface area (Å²) in [4.78, 5) is 16.3. The van der Waals surface area contributed by atoms with E-state index in [2.05, 4.69) is 34.8 Å². The van der Waals surface area contributed by atoms with Crippen LogP contribution in [-0.2, 0) is 0 Å². The monoisotopic (exact) mass is 348 g/mol. The number of unbranched alkanes of at least 4 members (excludes halogenated alkanes) is 2. The van der Waals surface area contributed by atoms with Gasteiger partial charge < -0.3 is 20.7 Å². The molecule has 0 saturated heterocycles. The lowest BCUT2D eigenvalue weighted by Crippen LogP contribution is -2.44. The minimum Gasteiger partial charge on any atom is -0.497 e. The highest BCUT2D eigenvalue weighted by atomic mass is 16.5. The smallest absolute Gasteiger partial charge is 0.251 e. The van der Waals surface area contributed by atoms with Gasteiger partial charge in [-0.3, -0.25) is 9.79 Å². The molecule has 1 amide bonds. The SMILES string of the molecule is CCCCCC(C)NC(=NC)NCCNC(=O)c1cccc(OC)c1. The van der Waals surface area contributed by atoms with Gasteiger partial charge in [0.15, 0.2) is 5.96 Å². The molecule has 1 aromatic carbocycles. The van der Waals surface area contributed by atoms with Gasteiger partial charge >= 0.3 is 0 Å². The predicted molar refractivity (Wildman–Crippen MR) is 103 cm³/mol. The van der Waals surface area contributed by atoms with E-state index in [4.69, 9.17) is 4.74 Å². The summed E-state index contributed by atoms with van der Waals surface area (Å²) >= 11 is 0. The van der Waals surface area contributed by atoms with E-state index in [1.165, 1.54) is 19.3 Å². The van der Waals surface area contributed by atoms with Crippen molar-refractivity contribution in [1.29, 1.82) is 0 Å². The van der Waals surface area contributed by atoms with Gasteiger partial charge in [-0.05, 0) is 31.5 Å². The van der Waals surface area contributed by atoms with Crippen LogP contribution in [0.25, 0.3) is 0 Å². The van der Waals surface area contributed by atoms with Crippen molar-refractivity contribution in [3.8, 4) is 5.75 Å². The molecule has 1 unspecified atom stereocenters. The minimum atomic E-state index is -0.114. The van der Waals surface area contributed by atoms with Crippen LogP contribution in [0.1, 0.15) is 49.9 Å². The Morgan fingerprint density at radius 1 is 1.24 bits per heavy atom. The summed E-state index contributed by atoms with van der Waals surface area (Å²) in [5, 5.41) is 9.47. The number of carbonyl (C=O) groups excluding carboxylic acids is 1. The molecular formula is C19H32N4O2. The Morgan fingerprint density at radius 2 is 2.00 bits per heavy atom. The number of carbonyl (C=O) groups is 1. The van der Waals surface area contributed by atoms with Gasteiger partial charge in [0.2, 0.25) is 0 Å². The van der Waals surface area contributed by atoms with Crippen LogP contribution in [0.3, 0.4) is 0 Å².